The fraction of sp³-hybridized carbons (Fsp3) is 0.231. The van der Waals surface area contributed by atoms with Crippen molar-refractivity contribution in [1.82, 2.24) is 0 Å². The van der Waals surface area contributed by atoms with Gasteiger partial charge in [-0.3, -0.25) is 0 Å². The van der Waals surface area contributed by atoms with Gasteiger partial charge in [0.05, 0.1) is 6.10 Å². The van der Waals surface area contributed by atoms with E-state index in [1.54, 1.807) is 0 Å². The van der Waals surface area contributed by atoms with Crippen LogP contribution in [0, 0.1) is 0 Å². The Labute approximate surface area is 90.5 Å². The lowest BCUT2D eigenvalue weighted by Crippen LogP contribution is -2.00. The van der Waals surface area contributed by atoms with Gasteiger partial charge in [0.1, 0.15) is 13.6 Å². The molecule has 2 aromatic carbocycles. The normalized spacial score (nSPS) is 15.5. The first-order valence-corrected chi connectivity index (χ1v) is 5.27. The van der Waals surface area contributed by atoms with Crippen LogP contribution in [-0.4, -0.2) is 14.0 Å². The molecule has 0 amide bonds. The van der Waals surface area contributed by atoms with E-state index in [0.717, 1.165) is 16.6 Å². The lowest BCUT2D eigenvalue weighted by molar-refractivity contribution is 0.303. The summed E-state index contributed by atoms with van der Waals surface area (Å²) in [5.74, 6) is 0.967. The van der Waals surface area contributed by atoms with E-state index in [1.807, 2.05) is 24.3 Å². The second-order valence-corrected chi connectivity index (χ2v) is 4.09. The van der Waals surface area contributed by atoms with Gasteiger partial charge in [0.15, 0.2) is 0 Å². The van der Waals surface area contributed by atoms with Gasteiger partial charge in [0.25, 0.3) is 0 Å². The minimum absolute atomic E-state index is 0.455. The van der Waals surface area contributed by atoms with E-state index in [9.17, 15) is 0 Å². The molecule has 0 bridgehead atoms. The molecule has 0 atom stereocenters. The largest absolute Gasteiger partial charge is 0.490 e. The second-order valence-electron chi connectivity index (χ2n) is 4.09. The summed E-state index contributed by atoms with van der Waals surface area (Å²) in [5.41, 5.74) is 0.804. The predicted molar refractivity (Wildman–Crippen MR) is 63.0 cm³/mol. The van der Waals surface area contributed by atoms with Gasteiger partial charge in [-0.2, -0.15) is 0 Å². The Hall–Kier alpha value is -1.44. The van der Waals surface area contributed by atoms with Crippen molar-refractivity contribution in [2.24, 2.45) is 0 Å². The summed E-state index contributed by atoms with van der Waals surface area (Å²) >= 11 is 0. The fourth-order valence-corrected chi connectivity index (χ4v) is 1.69. The molecule has 0 unspecified atom stereocenters. The number of fused-ring (bicyclic) bond motifs is 1. The van der Waals surface area contributed by atoms with Crippen molar-refractivity contribution in [3.05, 3.63) is 36.4 Å². The average Bonchev–Trinajstić information content (AvgIpc) is 3.02. The summed E-state index contributed by atoms with van der Waals surface area (Å²) in [7, 11) is 5.72. The van der Waals surface area contributed by atoms with E-state index in [4.69, 9.17) is 12.6 Å². The Bertz CT molecular complexity index is 503. The zero-order chi connectivity index (χ0) is 10.3. The third kappa shape index (κ3) is 1.85. The van der Waals surface area contributed by atoms with Crippen LogP contribution in [0.1, 0.15) is 12.8 Å². The molecule has 1 aliphatic carbocycles. The number of ether oxygens (including phenoxy) is 1. The van der Waals surface area contributed by atoms with Gasteiger partial charge >= 0.3 is 0 Å². The van der Waals surface area contributed by atoms with Crippen molar-refractivity contribution in [1.29, 1.82) is 0 Å². The van der Waals surface area contributed by atoms with Crippen LogP contribution in [0.4, 0.5) is 0 Å². The molecule has 0 heterocycles. The maximum atomic E-state index is 5.73. The minimum Gasteiger partial charge on any atom is -0.490 e. The van der Waals surface area contributed by atoms with Crippen LogP contribution >= 0.6 is 0 Å². The average molecular weight is 194 g/mol. The van der Waals surface area contributed by atoms with Crippen LogP contribution in [0.15, 0.2) is 36.4 Å². The topological polar surface area (TPSA) is 9.23 Å². The molecule has 2 radical (unpaired) electrons. The highest BCUT2D eigenvalue weighted by molar-refractivity contribution is 6.33. The van der Waals surface area contributed by atoms with Gasteiger partial charge in [-0.15, -0.1) is 0 Å². The summed E-state index contributed by atoms with van der Waals surface area (Å²) in [6.07, 6.45) is 2.84. The van der Waals surface area contributed by atoms with Gasteiger partial charge in [0.2, 0.25) is 0 Å². The molecule has 0 saturated heterocycles. The molecule has 1 aliphatic rings. The highest BCUT2D eigenvalue weighted by Gasteiger charge is 2.23. The molecule has 0 aromatic heterocycles. The maximum Gasteiger partial charge on any atom is 0.120 e. The van der Waals surface area contributed by atoms with Crippen molar-refractivity contribution in [3.8, 4) is 5.75 Å². The molecule has 0 aliphatic heterocycles. The smallest absolute Gasteiger partial charge is 0.120 e. The summed E-state index contributed by atoms with van der Waals surface area (Å²) in [5, 5.41) is 2.35. The van der Waals surface area contributed by atoms with Gasteiger partial charge in [-0.25, -0.2) is 0 Å². The van der Waals surface area contributed by atoms with Crippen molar-refractivity contribution >= 4 is 24.1 Å². The van der Waals surface area contributed by atoms with E-state index in [2.05, 4.69) is 12.1 Å². The standard InChI is InChI=1S/C13H11BO/c14-11-3-1-10-8-13(15-12-5-6-12)4-2-9(10)7-11/h1-4,7-8,12H,5-6H2. The second kappa shape index (κ2) is 3.30. The Morgan fingerprint density at radius 3 is 2.53 bits per heavy atom. The zero-order valence-corrected chi connectivity index (χ0v) is 8.44. The van der Waals surface area contributed by atoms with Gasteiger partial charge in [0, 0.05) is 0 Å². The number of benzene rings is 2. The molecule has 2 heteroatoms. The number of rotatable bonds is 2. The first-order chi connectivity index (χ1) is 7.31. The summed E-state index contributed by atoms with van der Waals surface area (Å²) < 4.78 is 5.73. The fourth-order valence-electron chi connectivity index (χ4n) is 1.69. The third-order valence-corrected chi connectivity index (χ3v) is 2.66. The SMILES string of the molecule is [B]c1ccc2cc(OC3CC3)ccc2c1. The van der Waals surface area contributed by atoms with Crippen molar-refractivity contribution in [2.45, 2.75) is 18.9 Å². The van der Waals surface area contributed by atoms with Crippen LogP contribution in [0.3, 0.4) is 0 Å². The first-order valence-electron chi connectivity index (χ1n) is 5.27. The molecule has 1 saturated carbocycles. The molecular weight excluding hydrogens is 183 g/mol. The van der Waals surface area contributed by atoms with Crippen LogP contribution in [0.5, 0.6) is 5.75 Å². The predicted octanol–water partition coefficient (Wildman–Crippen LogP) is 2.17. The summed E-state index contributed by atoms with van der Waals surface area (Å²) in [6.45, 7) is 0. The lowest BCUT2D eigenvalue weighted by atomic mass is 9.93. The van der Waals surface area contributed by atoms with Crippen molar-refractivity contribution in [3.63, 3.8) is 0 Å². The minimum atomic E-state index is 0.455. The molecule has 1 fully saturated rings. The Kier molecular flexibility index (Phi) is 1.95. The molecule has 15 heavy (non-hydrogen) atoms. The van der Waals surface area contributed by atoms with Gasteiger partial charge in [-0.1, -0.05) is 29.7 Å². The molecule has 72 valence electrons. The van der Waals surface area contributed by atoms with E-state index in [0.29, 0.717) is 6.10 Å². The van der Waals surface area contributed by atoms with E-state index >= 15 is 0 Å². The Balaban J connectivity index is 2.01. The highest BCUT2D eigenvalue weighted by atomic mass is 16.5. The molecule has 3 rings (SSSR count). The molecule has 0 spiro atoms. The zero-order valence-electron chi connectivity index (χ0n) is 8.44. The highest BCUT2D eigenvalue weighted by Crippen LogP contribution is 2.28. The maximum absolute atomic E-state index is 5.73. The van der Waals surface area contributed by atoms with Crippen molar-refractivity contribution in [2.75, 3.05) is 0 Å². The van der Waals surface area contributed by atoms with Crippen LogP contribution in [-0.2, 0) is 0 Å². The molecule has 2 aromatic rings. The third-order valence-electron chi connectivity index (χ3n) is 2.66. The quantitative estimate of drug-likeness (QED) is 0.665. The molecule has 1 nitrogen and oxygen atoms in total. The summed E-state index contributed by atoms with van der Waals surface area (Å²) in [4.78, 5) is 0. The molecule has 0 N–H and O–H groups in total. The first kappa shape index (κ1) is 8.84. The van der Waals surface area contributed by atoms with E-state index in [1.165, 1.54) is 18.2 Å². The van der Waals surface area contributed by atoms with Crippen LogP contribution < -0.4 is 10.2 Å². The Morgan fingerprint density at radius 2 is 1.73 bits per heavy atom. The van der Waals surface area contributed by atoms with Gasteiger partial charge < -0.3 is 4.74 Å². The van der Waals surface area contributed by atoms with E-state index < -0.39 is 0 Å². The van der Waals surface area contributed by atoms with Gasteiger partial charge in [-0.05, 0) is 35.7 Å². The summed E-state index contributed by atoms with van der Waals surface area (Å²) in [6, 6.07) is 12.1. The molecular formula is C13H11BO. The Morgan fingerprint density at radius 1 is 1.00 bits per heavy atom. The van der Waals surface area contributed by atoms with E-state index in [-0.39, 0.29) is 0 Å². The van der Waals surface area contributed by atoms with Crippen LogP contribution in [0.25, 0.3) is 10.8 Å². The van der Waals surface area contributed by atoms with Crippen LogP contribution in [0.2, 0.25) is 0 Å². The number of hydrogen-bond donors (Lipinski definition) is 0. The number of hydrogen-bond acceptors (Lipinski definition) is 1. The lowest BCUT2D eigenvalue weighted by Gasteiger charge is -2.06. The monoisotopic (exact) mass is 194 g/mol. The van der Waals surface area contributed by atoms with Crippen molar-refractivity contribution < 1.29 is 4.74 Å².